The van der Waals surface area contributed by atoms with Gasteiger partial charge < -0.3 is 0 Å². The van der Waals surface area contributed by atoms with Gasteiger partial charge in [-0.1, -0.05) is 102 Å². The van der Waals surface area contributed by atoms with Gasteiger partial charge in [0.1, 0.15) is 0 Å². The summed E-state index contributed by atoms with van der Waals surface area (Å²) in [5, 5.41) is 12.0. The summed E-state index contributed by atoms with van der Waals surface area (Å²) in [4.78, 5) is 0. The van der Waals surface area contributed by atoms with Crippen LogP contribution >= 0.6 is 0 Å². The van der Waals surface area contributed by atoms with E-state index in [0.717, 1.165) is 5.92 Å². The lowest BCUT2D eigenvalue weighted by Crippen LogP contribution is -1.99. The van der Waals surface area contributed by atoms with Gasteiger partial charge in [-0.25, -0.2) is 0 Å². The molecule has 1 rings (SSSR count). The molecule has 0 aromatic heterocycles. The lowest BCUT2D eigenvalue weighted by atomic mass is 9.95. The Morgan fingerprint density at radius 3 is 1.90 bits per heavy atom. The van der Waals surface area contributed by atoms with E-state index in [4.69, 9.17) is 10.5 Å². The van der Waals surface area contributed by atoms with Gasteiger partial charge >= 0.3 is 0 Å². The van der Waals surface area contributed by atoms with Crippen molar-refractivity contribution in [1.29, 1.82) is 0 Å². The van der Waals surface area contributed by atoms with E-state index in [9.17, 15) is 0 Å². The molecule has 0 heterocycles. The maximum Gasteiger partial charge on any atom is -0.0253 e. The molecular formula is C19H34O2. The third kappa shape index (κ3) is 12.6. The van der Waals surface area contributed by atoms with Crippen LogP contribution < -0.4 is 0 Å². The molecule has 1 aromatic carbocycles. The first-order valence-electron chi connectivity index (χ1n) is 8.57. The molecule has 2 heteroatoms. The number of hydrogen-bond donors (Lipinski definition) is 2. The van der Waals surface area contributed by atoms with Crippen molar-refractivity contribution in [2.75, 3.05) is 0 Å². The third-order valence-corrected chi connectivity index (χ3v) is 3.98. The first-order valence-corrected chi connectivity index (χ1v) is 8.57. The van der Waals surface area contributed by atoms with E-state index in [1.54, 1.807) is 0 Å². The molecule has 0 saturated carbocycles. The molecule has 0 saturated heterocycles. The standard InChI is InChI=1S/C19H32.H2O2/c1-3-4-5-6-7-8-9-11-14-18(2)17-19-15-12-10-13-16-19;1-2/h10,12-13,15-16,18H,3-9,11,14,17H2,1-2H3;1-2H. The molecule has 1 atom stereocenters. The van der Waals surface area contributed by atoms with Gasteiger partial charge in [-0.05, 0) is 17.9 Å². The van der Waals surface area contributed by atoms with E-state index in [-0.39, 0.29) is 0 Å². The summed E-state index contributed by atoms with van der Waals surface area (Å²) in [6.07, 6.45) is 14.1. The van der Waals surface area contributed by atoms with Crippen LogP contribution in [0.5, 0.6) is 0 Å². The highest BCUT2D eigenvalue weighted by Crippen LogP contribution is 2.16. The van der Waals surface area contributed by atoms with Crippen molar-refractivity contribution in [2.24, 2.45) is 5.92 Å². The summed E-state index contributed by atoms with van der Waals surface area (Å²) in [7, 11) is 0. The first kappa shape index (κ1) is 20.1. The number of hydrogen-bond acceptors (Lipinski definition) is 2. The van der Waals surface area contributed by atoms with Crippen molar-refractivity contribution in [3.63, 3.8) is 0 Å². The van der Waals surface area contributed by atoms with Crippen LogP contribution in [-0.2, 0) is 6.42 Å². The molecule has 0 bridgehead atoms. The Morgan fingerprint density at radius 1 is 0.810 bits per heavy atom. The van der Waals surface area contributed by atoms with Gasteiger partial charge in [0, 0.05) is 0 Å². The van der Waals surface area contributed by atoms with Gasteiger partial charge in [0.2, 0.25) is 0 Å². The molecule has 0 radical (unpaired) electrons. The smallest absolute Gasteiger partial charge is 0.0253 e. The normalized spacial score (nSPS) is 11.6. The van der Waals surface area contributed by atoms with Gasteiger partial charge in [0.15, 0.2) is 0 Å². The summed E-state index contributed by atoms with van der Waals surface area (Å²) >= 11 is 0. The molecule has 0 amide bonds. The van der Waals surface area contributed by atoms with Crippen molar-refractivity contribution in [3.05, 3.63) is 35.9 Å². The van der Waals surface area contributed by atoms with Crippen molar-refractivity contribution < 1.29 is 10.5 Å². The minimum atomic E-state index is 0.836. The van der Waals surface area contributed by atoms with E-state index < -0.39 is 0 Å². The first-order chi connectivity index (χ1) is 10.3. The highest BCUT2D eigenvalue weighted by Gasteiger charge is 2.03. The molecule has 1 aromatic rings. The summed E-state index contributed by atoms with van der Waals surface area (Å²) in [6, 6.07) is 10.9. The van der Waals surface area contributed by atoms with Crippen LogP contribution in [0.15, 0.2) is 30.3 Å². The van der Waals surface area contributed by atoms with E-state index in [1.807, 2.05) is 0 Å². The average molecular weight is 294 g/mol. The quantitative estimate of drug-likeness (QED) is 0.281. The molecule has 0 aliphatic rings. The average Bonchev–Trinajstić information content (AvgIpc) is 2.53. The molecule has 21 heavy (non-hydrogen) atoms. The fourth-order valence-electron chi connectivity index (χ4n) is 2.75. The Labute approximate surface area is 131 Å². The highest BCUT2D eigenvalue weighted by molar-refractivity contribution is 5.14. The van der Waals surface area contributed by atoms with Crippen molar-refractivity contribution in [2.45, 2.75) is 78.1 Å². The topological polar surface area (TPSA) is 40.5 Å². The van der Waals surface area contributed by atoms with Crippen LogP contribution in [0.3, 0.4) is 0 Å². The van der Waals surface area contributed by atoms with Crippen LogP contribution in [0.2, 0.25) is 0 Å². The Kier molecular flexibility index (Phi) is 14.9. The molecule has 2 N–H and O–H groups in total. The maximum absolute atomic E-state index is 6.00. The van der Waals surface area contributed by atoms with Crippen molar-refractivity contribution >= 4 is 0 Å². The molecular weight excluding hydrogens is 260 g/mol. The Hall–Kier alpha value is -0.860. The second-order valence-electron chi connectivity index (χ2n) is 6.06. The van der Waals surface area contributed by atoms with Gasteiger partial charge in [-0.15, -0.1) is 0 Å². The minimum absolute atomic E-state index is 0.836. The van der Waals surface area contributed by atoms with Crippen molar-refractivity contribution in [1.82, 2.24) is 0 Å². The lowest BCUT2D eigenvalue weighted by Gasteiger charge is -2.11. The maximum atomic E-state index is 6.00. The van der Waals surface area contributed by atoms with E-state index in [0.29, 0.717) is 0 Å². The van der Waals surface area contributed by atoms with Gasteiger partial charge in [-0.2, -0.15) is 0 Å². The van der Waals surface area contributed by atoms with Crippen LogP contribution in [0.1, 0.15) is 77.2 Å². The number of benzene rings is 1. The van der Waals surface area contributed by atoms with Gasteiger partial charge in [0.25, 0.3) is 0 Å². The summed E-state index contributed by atoms with van der Waals surface area (Å²) in [5.41, 5.74) is 1.49. The fraction of sp³-hybridized carbons (Fsp3) is 0.684. The van der Waals surface area contributed by atoms with E-state index in [2.05, 4.69) is 44.2 Å². The highest BCUT2D eigenvalue weighted by atomic mass is 17.0. The monoisotopic (exact) mass is 294 g/mol. The van der Waals surface area contributed by atoms with Crippen LogP contribution in [0.25, 0.3) is 0 Å². The fourth-order valence-corrected chi connectivity index (χ4v) is 2.75. The molecule has 0 aliphatic heterocycles. The van der Waals surface area contributed by atoms with Crippen LogP contribution in [0.4, 0.5) is 0 Å². The minimum Gasteiger partial charge on any atom is -0.255 e. The number of unbranched alkanes of at least 4 members (excludes halogenated alkanes) is 7. The predicted octanol–water partition coefficient (Wildman–Crippen LogP) is 6.41. The Bertz CT molecular complexity index is 298. The zero-order chi connectivity index (χ0) is 15.8. The summed E-state index contributed by atoms with van der Waals surface area (Å²) in [5.74, 6) is 0.836. The molecule has 0 spiro atoms. The van der Waals surface area contributed by atoms with E-state index >= 15 is 0 Å². The predicted molar refractivity (Wildman–Crippen MR) is 91.8 cm³/mol. The molecule has 0 fully saturated rings. The van der Waals surface area contributed by atoms with Gasteiger partial charge in [-0.3, -0.25) is 10.5 Å². The lowest BCUT2D eigenvalue weighted by molar-refractivity contribution is -0.176. The zero-order valence-electron chi connectivity index (χ0n) is 13.9. The SMILES string of the molecule is CCCCCCCCCCC(C)Cc1ccccc1.OO. The van der Waals surface area contributed by atoms with E-state index in [1.165, 1.54) is 69.8 Å². The Balaban J connectivity index is 0.00000191. The number of rotatable bonds is 11. The third-order valence-electron chi connectivity index (χ3n) is 3.98. The molecule has 122 valence electrons. The molecule has 2 nitrogen and oxygen atoms in total. The van der Waals surface area contributed by atoms with Crippen LogP contribution in [-0.4, -0.2) is 10.5 Å². The molecule has 0 aliphatic carbocycles. The molecule has 1 unspecified atom stereocenters. The summed E-state index contributed by atoms with van der Waals surface area (Å²) in [6.45, 7) is 4.68. The zero-order valence-corrected chi connectivity index (χ0v) is 13.9. The van der Waals surface area contributed by atoms with Crippen molar-refractivity contribution in [3.8, 4) is 0 Å². The van der Waals surface area contributed by atoms with Gasteiger partial charge in [0.05, 0.1) is 0 Å². The van der Waals surface area contributed by atoms with Crippen LogP contribution in [0, 0.1) is 5.92 Å². The largest absolute Gasteiger partial charge is 0.255 e. The Morgan fingerprint density at radius 2 is 1.33 bits per heavy atom. The summed E-state index contributed by atoms with van der Waals surface area (Å²) < 4.78 is 0. The second kappa shape index (κ2) is 15.5. The second-order valence-corrected chi connectivity index (χ2v) is 6.06.